The van der Waals surface area contributed by atoms with Crippen LogP contribution in [0.4, 0.5) is 0 Å². The Bertz CT molecular complexity index is 276. The summed E-state index contributed by atoms with van der Waals surface area (Å²) < 4.78 is 5.88. The van der Waals surface area contributed by atoms with Crippen LogP contribution in [-0.2, 0) is 4.74 Å². The predicted octanol–water partition coefficient (Wildman–Crippen LogP) is 1.13. The van der Waals surface area contributed by atoms with Crippen molar-refractivity contribution >= 4 is 0 Å². The molecule has 0 spiro atoms. The zero-order valence-electron chi connectivity index (χ0n) is 10.7. The van der Waals surface area contributed by atoms with Gasteiger partial charge in [-0.2, -0.15) is 5.26 Å². The number of hydrogen-bond acceptors (Lipinski definition) is 4. The fourth-order valence-corrected chi connectivity index (χ4v) is 2.78. The van der Waals surface area contributed by atoms with Gasteiger partial charge < -0.3 is 10.1 Å². The zero-order chi connectivity index (χ0) is 12.1. The molecule has 96 valence electrons. The van der Waals surface area contributed by atoms with E-state index >= 15 is 0 Å². The van der Waals surface area contributed by atoms with Gasteiger partial charge in [-0.3, -0.25) is 4.90 Å². The second-order valence-corrected chi connectivity index (χ2v) is 5.12. The Hall–Kier alpha value is -0.630. The third-order valence-corrected chi connectivity index (χ3v) is 3.93. The van der Waals surface area contributed by atoms with Gasteiger partial charge in [-0.15, -0.1) is 0 Å². The Morgan fingerprint density at radius 3 is 3.24 bits per heavy atom. The standard InChI is InChI=1S/C13H23N3O/c1-2-11(5-6-14)15-8-13-9-16-7-3-4-12(16)10-17-13/h11-13,15H,2-5,7-10H2,1H3. The molecule has 4 nitrogen and oxygen atoms in total. The van der Waals surface area contributed by atoms with Crippen LogP contribution < -0.4 is 5.32 Å². The maximum Gasteiger partial charge on any atom is 0.0827 e. The number of rotatable bonds is 5. The van der Waals surface area contributed by atoms with E-state index in [1.54, 1.807) is 0 Å². The predicted molar refractivity (Wildman–Crippen MR) is 66.6 cm³/mol. The molecule has 3 atom stereocenters. The van der Waals surface area contributed by atoms with Crippen molar-refractivity contribution in [3.05, 3.63) is 0 Å². The van der Waals surface area contributed by atoms with Crippen LogP contribution in [0.15, 0.2) is 0 Å². The summed E-state index contributed by atoms with van der Waals surface area (Å²) in [6, 6.07) is 3.22. The van der Waals surface area contributed by atoms with Gasteiger partial charge in [0.25, 0.3) is 0 Å². The number of nitrogens with zero attached hydrogens (tertiary/aromatic N) is 2. The fraction of sp³-hybridized carbons (Fsp3) is 0.923. The van der Waals surface area contributed by atoms with Crippen molar-refractivity contribution < 1.29 is 4.74 Å². The summed E-state index contributed by atoms with van der Waals surface area (Å²) in [5.74, 6) is 0. The molecule has 0 saturated carbocycles. The van der Waals surface area contributed by atoms with E-state index in [9.17, 15) is 0 Å². The summed E-state index contributed by atoms with van der Waals surface area (Å²) in [6.07, 6.45) is 4.52. The van der Waals surface area contributed by atoms with E-state index in [4.69, 9.17) is 10.00 Å². The van der Waals surface area contributed by atoms with Crippen LogP contribution in [0.2, 0.25) is 0 Å². The maximum atomic E-state index is 8.70. The highest BCUT2D eigenvalue weighted by molar-refractivity contribution is 4.87. The molecule has 4 heteroatoms. The van der Waals surface area contributed by atoms with E-state index in [-0.39, 0.29) is 0 Å². The first-order chi connectivity index (χ1) is 8.33. The largest absolute Gasteiger partial charge is 0.374 e. The molecule has 2 aliphatic rings. The highest BCUT2D eigenvalue weighted by Gasteiger charge is 2.32. The molecule has 2 rings (SSSR count). The van der Waals surface area contributed by atoms with Crippen LogP contribution in [0.25, 0.3) is 0 Å². The van der Waals surface area contributed by atoms with Crippen molar-refractivity contribution in [2.24, 2.45) is 0 Å². The normalized spacial score (nSPS) is 30.8. The van der Waals surface area contributed by atoms with E-state index < -0.39 is 0 Å². The maximum absolute atomic E-state index is 8.70. The lowest BCUT2D eigenvalue weighted by Crippen LogP contribution is -2.50. The molecule has 0 aromatic rings. The van der Waals surface area contributed by atoms with E-state index in [0.29, 0.717) is 24.6 Å². The Balaban J connectivity index is 1.71. The molecule has 2 aliphatic heterocycles. The van der Waals surface area contributed by atoms with Gasteiger partial charge in [0, 0.05) is 25.2 Å². The SMILES string of the molecule is CCC(CC#N)NCC1CN2CCCC2CO1. The third kappa shape index (κ3) is 3.41. The molecular weight excluding hydrogens is 214 g/mol. The van der Waals surface area contributed by atoms with Crippen molar-refractivity contribution in [2.45, 2.75) is 50.8 Å². The van der Waals surface area contributed by atoms with Gasteiger partial charge in [-0.05, 0) is 25.8 Å². The molecule has 0 aromatic carbocycles. The smallest absolute Gasteiger partial charge is 0.0827 e. The lowest BCUT2D eigenvalue weighted by molar-refractivity contribution is -0.0478. The second-order valence-electron chi connectivity index (χ2n) is 5.12. The summed E-state index contributed by atoms with van der Waals surface area (Å²) in [6.45, 7) is 6.18. The average molecular weight is 237 g/mol. The van der Waals surface area contributed by atoms with E-state index in [1.165, 1.54) is 19.4 Å². The molecule has 0 aromatic heterocycles. The molecule has 0 radical (unpaired) electrons. The second kappa shape index (κ2) is 6.34. The van der Waals surface area contributed by atoms with Crippen LogP contribution >= 0.6 is 0 Å². The quantitative estimate of drug-likeness (QED) is 0.779. The zero-order valence-corrected chi connectivity index (χ0v) is 10.7. The topological polar surface area (TPSA) is 48.3 Å². The number of nitrogens with one attached hydrogen (secondary N) is 1. The van der Waals surface area contributed by atoms with E-state index in [2.05, 4.69) is 23.2 Å². The first-order valence-corrected chi connectivity index (χ1v) is 6.79. The first kappa shape index (κ1) is 12.8. The molecule has 2 saturated heterocycles. The van der Waals surface area contributed by atoms with Gasteiger partial charge in [-0.25, -0.2) is 0 Å². The molecule has 2 heterocycles. The summed E-state index contributed by atoms with van der Waals surface area (Å²) in [4.78, 5) is 2.56. The third-order valence-electron chi connectivity index (χ3n) is 3.93. The summed E-state index contributed by atoms with van der Waals surface area (Å²) >= 11 is 0. The monoisotopic (exact) mass is 237 g/mol. The Labute approximate surface area is 104 Å². The van der Waals surface area contributed by atoms with Crippen molar-refractivity contribution in [3.8, 4) is 6.07 Å². The Morgan fingerprint density at radius 2 is 2.47 bits per heavy atom. The van der Waals surface area contributed by atoms with Gasteiger partial charge in [0.05, 0.1) is 25.2 Å². The Kier molecular flexibility index (Phi) is 4.78. The van der Waals surface area contributed by atoms with Crippen LogP contribution in [0.1, 0.15) is 32.6 Å². The minimum Gasteiger partial charge on any atom is -0.374 e. The summed E-state index contributed by atoms with van der Waals surface area (Å²) in [5.41, 5.74) is 0. The van der Waals surface area contributed by atoms with Crippen molar-refractivity contribution in [3.63, 3.8) is 0 Å². The van der Waals surface area contributed by atoms with Gasteiger partial charge in [0.1, 0.15) is 0 Å². The average Bonchev–Trinajstić information content (AvgIpc) is 2.81. The van der Waals surface area contributed by atoms with Gasteiger partial charge >= 0.3 is 0 Å². The highest BCUT2D eigenvalue weighted by Crippen LogP contribution is 2.22. The number of nitriles is 1. The van der Waals surface area contributed by atoms with Crippen molar-refractivity contribution in [2.75, 3.05) is 26.2 Å². The molecule has 1 N–H and O–H groups in total. The van der Waals surface area contributed by atoms with E-state index in [1.807, 2.05) is 0 Å². The molecule has 0 aliphatic carbocycles. The minimum absolute atomic E-state index is 0.303. The molecular formula is C13H23N3O. The van der Waals surface area contributed by atoms with Crippen LogP contribution in [0.5, 0.6) is 0 Å². The first-order valence-electron chi connectivity index (χ1n) is 6.79. The number of morpholine rings is 1. The summed E-state index contributed by atoms with van der Waals surface area (Å²) in [5, 5.41) is 12.1. The van der Waals surface area contributed by atoms with E-state index in [0.717, 1.165) is 26.1 Å². The van der Waals surface area contributed by atoms with Crippen LogP contribution in [0, 0.1) is 11.3 Å². The lowest BCUT2D eigenvalue weighted by atomic mass is 10.1. The fourth-order valence-electron chi connectivity index (χ4n) is 2.78. The number of hydrogen-bond donors (Lipinski definition) is 1. The Morgan fingerprint density at radius 1 is 1.59 bits per heavy atom. The van der Waals surface area contributed by atoms with Gasteiger partial charge in [-0.1, -0.05) is 6.92 Å². The minimum atomic E-state index is 0.303. The molecule has 17 heavy (non-hydrogen) atoms. The van der Waals surface area contributed by atoms with Gasteiger partial charge in [0.2, 0.25) is 0 Å². The van der Waals surface area contributed by atoms with Crippen LogP contribution in [-0.4, -0.2) is 49.3 Å². The number of ether oxygens (including phenoxy) is 1. The molecule has 0 amide bonds. The van der Waals surface area contributed by atoms with Crippen LogP contribution in [0.3, 0.4) is 0 Å². The van der Waals surface area contributed by atoms with Gasteiger partial charge in [0.15, 0.2) is 0 Å². The highest BCUT2D eigenvalue weighted by atomic mass is 16.5. The molecule has 3 unspecified atom stereocenters. The summed E-state index contributed by atoms with van der Waals surface area (Å²) in [7, 11) is 0. The molecule has 0 bridgehead atoms. The lowest BCUT2D eigenvalue weighted by Gasteiger charge is -2.35. The number of fused-ring (bicyclic) bond motifs is 1. The van der Waals surface area contributed by atoms with Crippen molar-refractivity contribution in [1.29, 1.82) is 5.26 Å². The molecule has 2 fully saturated rings. The van der Waals surface area contributed by atoms with Crippen molar-refractivity contribution in [1.82, 2.24) is 10.2 Å².